The summed E-state index contributed by atoms with van der Waals surface area (Å²) in [5.41, 5.74) is 7.34. The summed E-state index contributed by atoms with van der Waals surface area (Å²) in [6, 6.07) is 5.03. The second-order valence-electron chi connectivity index (χ2n) is 15.9. The number of hydrogen-bond donors (Lipinski definition) is 4. The van der Waals surface area contributed by atoms with Crippen LogP contribution in [0.4, 0.5) is 24.7 Å². The summed E-state index contributed by atoms with van der Waals surface area (Å²) in [5.74, 6) is -1.12. The number of alkyl halides is 3. The van der Waals surface area contributed by atoms with E-state index in [1.807, 2.05) is 18.3 Å². The molecule has 2 aliphatic heterocycles. The van der Waals surface area contributed by atoms with Gasteiger partial charge in [0.2, 0.25) is 17.7 Å². The minimum atomic E-state index is -2.95. The maximum absolute atomic E-state index is 14.2. The van der Waals surface area contributed by atoms with E-state index in [2.05, 4.69) is 36.1 Å². The summed E-state index contributed by atoms with van der Waals surface area (Å²) in [6.07, 6.45) is 8.82. The molecule has 1 unspecified atom stereocenters. The standard InChI is InChI=1S/C39H46F3N11O4/c40-24-15-25(43)19-51(18-24)32-13-14-52-36(48-32)29(17-45-52)39(57)47-31-20-53(50-34(31)35(41)42)27-8-3-22(4-9-27)37(55)46-26-6-1-21(2-7-26)23-5-11-30(44-16-23)28-10-12-33(54)49-38(28)56/h5,11,13-14,16-17,20-22,24-28,35H,1-4,6-10,12,15,18-19,43H2,(H,46,55)(H,47,57)(H,49,54,56)/t21?,22?,24-,25-,26?,27?,28?/m1/s1. The van der Waals surface area contributed by atoms with Crippen LogP contribution in [0.5, 0.6) is 0 Å². The molecular formula is C39H46F3N11O4. The lowest BCUT2D eigenvalue weighted by atomic mass is 9.81. The third-order valence-corrected chi connectivity index (χ3v) is 12.0. The van der Waals surface area contributed by atoms with Gasteiger partial charge in [-0.3, -0.25) is 34.2 Å². The number of nitrogens with zero attached hydrogens (tertiary/aromatic N) is 7. The molecule has 4 aromatic rings. The first-order valence-electron chi connectivity index (χ1n) is 19.8. The van der Waals surface area contributed by atoms with Gasteiger partial charge in [0, 0.05) is 49.6 Å². The molecule has 18 heteroatoms. The van der Waals surface area contributed by atoms with E-state index in [4.69, 9.17) is 5.73 Å². The maximum atomic E-state index is 14.2. The number of pyridine rings is 1. The first-order chi connectivity index (χ1) is 27.5. The number of aromatic nitrogens is 6. The molecule has 57 heavy (non-hydrogen) atoms. The molecule has 15 nitrogen and oxygen atoms in total. The Morgan fingerprint density at radius 2 is 1.75 bits per heavy atom. The van der Waals surface area contributed by atoms with Gasteiger partial charge in [-0.25, -0.2) is 22.7 Å². The highest BCUT2D eigenvalue weighted by molar-refractivity contribution is 6.08. The van der Waals surface area contributed by atoms with Gasteiger partial charge in [0.15, 0.2) is 11.3 Å². The number of carbonyl (C=O) groups is 4. The van der Waals surface area contributed by atoms with Gasteiger partial charge < -0.3 is 21.3 Å². The number of fused-ring (bicyclic) bond motifs is 1. The quantitative estimate of drug-likeness (QED) is 0.176. The number of carbonyl (C=O) groups excluding carboxylic acids is 4. The van der Waals surface area contributed by atoms with Crippen LogP contribution in [0.3, 0.4) is 0 Å². The summed E-state index contributed by atoms with van der Waals surface area (Å²) in [6.45, 7) is 0.515. The second kappa shape index (κ2) is 16.2. The van der Waals surface area contributed by atoms with Crippen molar-refractivity contribution in [3.8, 4) is 0 Å². The van der Waals surface area contributed by atoms with Crippen molar-refractivity contribution >= 4 is 40.8 Å². The predicted molar refractivity (Wildman–Crippen MR) is 201 cm³/mol. The molecule has 0 bridgehead atoms. The van der Waals surface area contributed by atoms with Crippen LogP contribution in [0.2, 0.25) is 0 Å². The molecule has 5 N–H and O–H groups in total. The zero-order chi connectivity index (χ0) is 39.8. The van der Waals surface area contributed by atoms with Crippen LogP contribution in [0.1, 0.15) is 122 Å². The molecule has 0 spiro atoms. The molecule has 302 valence electrons. The third-order valence-electron chi connectivity index (χ3n) is 12.0. The minimum absolute atomic E-state index is 0.00617. The van der Waals surface area contributed by atoms with Gasteiger partial charge in [-0.2, -0.15) is 10.2 Å². The number of nitrogens with one attached hydrogen (secondary N) is 3. The Bertz CT molecular complexity index is 2120. The fraction of sp³-hybridized carbons (Fsp3) is 0.538. The van der Waals surface area contributed by atoms with E-state index in [1.54, 1.807) is 17.2 Å². The lowest BCUT2D eigenvalue weighted by molar-refractivity contribution is -0.134. The Balaban J connectivity index is 0.834. The molecule has 4 fully saturated rings. The molecule has 4 aromatic heterocycles. The van der Waals surface area contributed by atoms with E-state index in [1.165, 1.54) is 21.6 Å². The third kappa shape index (κ3) is 8.36. The Morgan fingerprint density at radius 3 is 2.46 bits per heavy atom. The van der Waals surface area contributed by atoms with Crippen LogP contribution in [0.25, 0.3) is 5.65 Å². The van der Waals surface area contributed by atoms with Crippen molar-refractivity contribution in [1.82, 2.24) is 40.0 Å². The number of anilines is 2. The lowest BCUT2D eigenvalue weighted by Crippen LogP contribution is -2.48. The number of hydrogen-bond acceptors (Lipinski definition) is 10. The summed E-state index contributed by atoms with van der Waals surface area (Å²) in [5, 5.41) is 16.6. The predicted octanol–water partition coefficient (Wildman–Crippen LogP) is 4.48. The number of imide groups is 1. The summed E-state index contributed by atoms with van der Waals surface area (Å²) in [4.78, 5) is 61.3. The highest BCUT2D eigenvalue weighted by atomic mass is 19.3. The zero-order valence-corrected chi connectivity index (χ0v) is 31.3. The first kappa shape index (κ1) is 38.5. The van der Waals surface area contributed by atoms with Gasteiger partial charge in [0.05, 0.1) is 36.1 Å². The number of amides is 4. The van der Waals surface area contributed by atoms with Crippen molar-refractivity contribution < 1.29 is 32.3 Å². The van der Waals surface area contributed by atoms with Gasteiger partial charge in [-0.15, -0.1) is 0 Å². The van der Waals surface area contributed by atoms with Crippen LogP contribution >= 0.6 is 0 Å². The Labute approximate surface area is 326 Å². The van der Waals surface area contributed by atoms with Gasteiger partial charge in [0.1, 0.15) is 17.6 Å². The zero-order valence-electron chi connectivity index (χ0n) is 31.3. The number of halogens is 3. The van der Waals surface area contributed by atoms with Crippen molar-refractivity contribution in [3.05, 3.63) is 65.5 Å². The molecule has 2 aliphatic carbocycles. The normalized spacial score (nSPS) is 27.0. The average molecular weight is 790 g/mol. The van der Waals surface area contributed by atoms with E-state index in [-0.39, 0.29) is 71.6 Å². The fourth-order valence-corrected chi connectivity index (χ4v) is 8.83. The molecule has 0 radical (unpaired) electrons. The van der Waals surface area contributed by atoms with Gasteiger partial charge in [0.25, 0.3) is 12.3 Å². The van der Waals surface area contributed by atoms with Crippen LogP contribution in [0.15, 0.2) is 43.0 Å². The van der Waals surface area contributed by atoms with Crippen LogP contribution < -0.4 is 26.6 Å². The number of piperidine rings is 2. The molecule has 4 amide bonds. The van der Waals surface area contributed by atoms with Crippen LogP contribution in [0, 0.1) is 5.92 Å². The molecule has 6 heterocycles. The molecule has 3 atom stereocenters. The Kier molecular flexibility index (Phi) is 11.0. The fourth-order valence-electron chi connectivity index (χ4n) is 8.83. The topological polar surface area (TPSA) is 195 Å². The van der Waals surface area contributed by atoms with Crippen LogP contribution in [-0.2, 0) is 14.4 Å². The van der Waals surface area contributed by atoms with Crippen molar-refractivity contribution in [1.29, 1.82) is 0 Å². The van der Waals surface area contributed by atoms with Gasteiger partial charge in [-0.1, -0.05) is 6.07 Å². The maximum Gasteiger partial charge on any atom is 0.284 e. The summed E-state index contributed by atoms with van der Waals surface area (Å²) < 4.78 is 45.5. The highest BCUT2D eigenvalue weighted by Gasteiger charge is 2.33. The molecule has 8 rings (SSSR count). The van der Waals surface area contributed by atoms with Gasteiger partial charge in [-0.05, 0) is 87.8 Å². The average Bonchev–Trinajstić information content (AvgIpc) is 3.83. The second-order valence-corrected chi connectivity index (χ2v) is 15.9. The van der Waals surface area contributed by atoms with E-state index in [9.17, 15) is 32.3 Å². The molecule has 2 saturated carbocycles. The van der Waals surface area contributed by atoms with Crippen molar-refractivity contribution in [2.45, 2.75) is 113 Å². The Morgan fingerprint density at radius 1 is 0.965 bits per heavy atom. The van der Waals surface area contributed by atoms with E-state index in [0.717, 1.165) is 31.2 Å². The summed E-state index contributed by atoms with van der Waals surface area (Å²) in [7, 11) is 0. The van der Waals surface area contributed by atoms with Crippen molar-refractivity contribution in [2.75, 3.05) is 23.3 Å². The Hall–Kier alpha value is -5.39. The van der Waals surface area contributed by atoms with E-state index in [0.29, 0.717) is 62.5 Å². The smallest absolute Gasteiger partial charge is 0.284 e. The van der Waals surface area contributed by atoms with E-state index < -0.39 is 30.1 Å². The lowest BCUT2D eigenvalue weighted by Gasteiger charge is -2.33. The van der Waals surface area contributed by atoms with Gasteiger partial charge >= 0.3 is 0 Å². The molecule has 4 aliphatic rings. The van der Waals surface area contributed by atoms with Crippen molar-refractivity contribution in [3.63, 3.8) is 0 Å². The summed E-state index contributed by atoms with van der Waals surface area (Å²) >= 11 is 0. The molecular weight excluding hydrogens is 743 g/mol. The monoisotopic (exact) mass is 789 g/mol. The first-order valence-corrected chi connectivity index (χ1v) is 19.8. The SMILES string of the molecule is N[C@@H]1C[C@@H](F)CN(c2ccn3ncc(C(=O)Nc4cn(C5CCC(C(=O)NC6CCC(c7ccc(C8CCC(=O)NC8=O)nc7)CC6)CC5)nc4C(F)F)c3n2)C1. The largest absolute Gasteiger partial charge is 0.353 e. The van der Waals surface area contributed by atoms with Crippen LogP contribution in [-0.4, -0.2) is 84.3 Å². The van der Waals surface area contributed by atoms with E-state index >= 15 is 0 Å². The molecule has 0 aromatic carbocycles. The number of nitrogens with two attached hydrogens (primary N) is 1. The van der Waals surface area contributed by atoms with Crippen molar-refractivity contribution in [2.24, 2.45) is 11.7 Å². The number of rotatable bonds is 9. The highest BCUT2D eigenvalue weighted by Crippen LogP contribution is 2.37. The minimum Gasteiger partial charge on any atom is -0.353 e. The molecule has 2 saturated heterocycles.